The van der Waals surface area contributed by atoms with Gasteiger partial charge < -0.3 is 4.42 Å². The fraction of sp³-hybridized carbons (Fsp3) is 0. The third kappa shape index (κ3) is 3.30. The number of rotatable bonds is 2. The van der Waals surface area contributed by atoms with E-state index in [-0.39, 0.29) is 32.7 Å². The molecule has 0 bridgehead atoms. The van der Waals surface area contributed by atoms with Crippen molar-refractivity contribution in [3.05, 3.63) is 145 Å². The molecule has 8 aromatic carbocycles. The number of hydrogen-bond acceptors (Lipinski definition) is 1. The zero-order chi connectivity index (χ0) is 40.0. The van der Waals surface area contributed by atoms with Crippen LogP contribution >= 0.6 is 0 Å². The van der Waals surface area contributed by atoms with E-state index in [1.807, 2.05) is 36.4 Å². The lowest BCUT2D eigenvalue weighted by Gasteiger charge is -2.18. The molecule has 0 amide bonds. The van der Waals surface area contributed by atoms with E-state index in [2.05, 4.69) is 0 Å². The molecular weight excluding hydrogens is 496 g/mol. The fourth-order valence-corrected chi connectivity index (χ4v) is 5.77. The summed E-state index contributed by atoms with van der Waals surface area (Å²) in [6.45, 7) is 0. The van der Waals surface area contributed by atoms with Crippen molar-refractivity contribution >= 4 is 65.0 Å². The molecule has 9 rings (SSSR count). The molecule has 190 valence electrons. The molecule has 1 aromatic heterocycles. The maximum absolute atomic E-state index is 9.40. The Bertz CT molecular complexity index is 3230. The molecule has 1 heteroatoms. The van der Waals surface area contributed by atoms with Gasteiger partial charge in [0.2, 0.25) is 0 Å². The van der Waals surface area contributed by atoms with Crippen LogP contribution < -0.4 is 0 Å². The Morgan fingerprint density at radius 2 is 1.07 bits per heavy atom. The molecule has 0 aliphatic rings. The molecule has 0 aliphatic heterocycles. The van der Waals surface area contributed by atoms with Gasteiger partial charge in [0, 0.05) is 10.8 Å². The van der Waals surface area contributed by atoms with Crippen LogP contribution in [0.5, 0.6) is 0 Å². The molecule has 0 fully saturated rings. The van der Waals surface area contributed by atoms with Gasteiger partial charge in [-0.25, -0.2) is 0 Å². The minimum Gasteiger partial charge on any atom is -0.456 e. The van der Waals surface area contributed by atoms with E-state index in [1.54, 1.807) is 18.2 Å². The lowest BCUT2D eigenvalue weighted by molar-refractivity contribution is 0.669. The molecule has 0 spiro atoms. The fourth-order valence-electron chi connectivity index (χ4n) is 5.77. The summed E-state index contributed by atoms with van der Waals surface area (Å²) in [5.41, 5.74) is 0.562. The van der Waals surface area contributed by atoms with Crippen molar-refractivity contribution in [3.63, 3.8) is 0 Å². The van der Waals surface area contributed by atoms with Gasteiger partial charge in [0.25, 0.3) is 0 Å². The van der Waals surface area contributed by atoms with E-state index in [1.165, 1.54) is 0 Å². The number of furan rings is 1. The largest absolute Gasteiger partial charge is 0.456 e. The number of fused-ring (bicyclic) bond motifs is 8. The van der Waals surface area contributed by atoms with Gasteiger partial charge in [-0.2, -0.15) is 0 Å². The van der Waals surface area contributed by atoms with Gasteiger partial charge in [-0.1, -0.05) is 121 Å². The first-order valence-electron chi connectivity index (χ1n) is 20.4. The standard InChI is InChI=1S/C40H24O/c1-2-11-27-23-28(18-17-25(27)9-1)38-31-13-5-7-15-33(31)39(34-16-8-6-14-32(34)38)29-20-21-36-35(24-29)40-30-12-4-3-10-26(30)19-22-37(40)41-36/h1-24H/i1D,2D,5D,6D,7D,8D,9D,11D,13D,14D,15D,16D,17D,18D,23D. The number of benzene rings is 8. The maximum Gasteiger partial charge on any atom is 0.136 e. The van der Waals surface area contributed by atoms with Gasteiger partial charge in [0.15, 0.2) is 0 Å². The molecule has 0 N–H and O–H groups in total. The van der Waals surface area contributed by atoms with E-state index in [9.17, 15) is 8.22 Å². The molecule has 0 aliphatic carbocycles. The zero-order valence-electron chi connectivity index (χ0n) is 36.1. The van der Waals surface area contributed by atoms with Gasteiger partial charge >= 0.3 is 0 Å². The third-order valence-corrected chi connectivity index (χ3v) is 7.52. The Balaban J connectivity index is 1.58. The van der Waals surface area contributed by atoms with Crippen LogP contribution in [0.15, 0.2) is 150 Å². The molecule has 41 heavy (non-hydrogen) atoms. The first kappa shape index (κ1) is 12.4. The Hall–Kier alpha value is -5.40. The highest BCUT2D eigenvalue weighted by Gasteiger charge is 2.18. The van der Waals surface area contributed by atoms with E-state index < -0.39 is 107 Å². The maximum atomic E-state index is 9.40. The highest BCUT2D eigenvalue weighted by atomic mass is 16.3. The molecule has 9 aromatic rings. The summed E-state index contributed by atoms with van der Waals surface area (Å²) in [7, 11) is 0. The average Bonchev–Trinajstić information content (AvgIpc) is 3.58. The summed E-state index contributed by atoms with van der Waals surface area (Å²) in [5, 5.41) is 1.41. The smallest absolute Gasteiger partial charge is 0.136 e. The van der Waals surface area contributed by atoms with Gasteiger partial charge in [-0.3, -0.25) is 0 Å². The van der Waals surface area contributed by atoms with E-state index >= 15 is 0 Å². The first-order chi connectivity index (χ1) is 26.6. The Morgan fingerprint density at radius 1 is 0.439 bits per heavy atom. The normalized spacial score (nSPS) is 17.0. The summed E-state index contributed by atoms with van der Waals surface area (Å²) in [6, 6.07) is 6.52. The predicted molar refractivity (Wildman–Crippen MR) is 175 cm³/mol. The topological polar surface area (TPSA) is 13.1 Å². The van der Waals surface area contributed by atoms with Crippen molar-refractivity contribution in [3.8, 4) is 22.3 Å². The summed E-state index contributed by atoms with van der Waals surface area (Å²) in [5.74, 6) is 0. The van der Waals surface area contributed by atoms with Crippen LogP contribution in [0, 0.1) is 0 Å². The summed E-state index contributed by atoms with van der Waals surface area (Å²) >= 11 is 0. The van der Waals surface area contributed by atoms with Crippen molar-refractivity contribution in [2.24, 2.45) is 0 Å². The molecular formula is C40H24O. The lowest BCUT2D eigenvalue weighted by Crippen LogP contribution is -1.91. The minimum absolute atomic E-state index is 0.0288. The van der Waals surface area contributed by atoms with Crippen LogP contribution in [0.4, 0.5) is 0 Å². The van der Waals surface area contributed by atoms with Crippen molar-refractivity contribution in [2.45, 2.75) is 0 Å². The Morgan fingerprint density at radius 3 is 1.83 bits per heavy atom. The van der Waals surface area contributed by atoms with E-state index in [4.69, 9.17) is 16.8 Å². The molecule has 0 unspecified atom stereocenters. The van der Waals surface area contributed by atoms with E-state index in [0.29, 0.717) is 22.1 Å². The summed E-state index contributed by atoms with van der Waals surface area (Å²) in [4.78, 5) is 0. The third-order valence-electron chi connectivity index (χ3n) is 7.52. The SMILES string of the molecule is [2H]c1c([2H])c([2H])c2c([2H])c(-c3c4c([2H])c([2H])c([2H])c([2H])c4c(-c4ccc5oc6ccc7ccccc7c6c5c4)c4c([2H])c([2H])c([2H])c([2H])c34)c([2H])c([2H])c2c1[2H]. The van der Waals surface area contributed by atoms with E-state index in [0.717, 1.165) is 16.2 Å². The minimum atomic E-state index is -0.735. The predicted octanol–water partition coefficient (Wildman–Crippen LogP) is 11.5. The highest BCUT2D eigenvalue weighted by Crippen LogP contribution is 2.45. The summed E-state index contributed by atoms with van der Waals surface area (Å²) < 4.78 is 140. The quantitative estimate of drug-likeness (QED) is 0.201. The van der Waals surface area contributed by atoms with Gasteiger partial charge in [-0.15, -0.1) is 0 Å². The highest BCUT2D eigenvalue weighted by molar-refractivity contribution is 6.24. The van der Waals surface area contributed by atoms with Crippen LogP contribution in [0.25, 0.3) is 87.3 Å². The monoisotopic (exact) mass is 535 g/mol. The van der Waals surface area contributed by atoms with Crippen LogP contribution in [0.2, 0.25) is 0 Å². The summed E-state index contributed by atoms with van der Waals surface area (Å²) in [6.07, 6.45) is 0. The van der Waals surface area contributed by atoms with Gasteiger partial charge in [0.05, 0.1) is 20.6 Å². The first-order valence-corrected chi connectivity index (χ1v) is 12.9. The molecule has 1 heterocycles. The average molecular weight is 536 g/mol. The second kappa shape index (κ2) is 8.55. The number of hydrogen-bond donors (Lipinski definition) is 0. The van der Waals surface area contributed by atoms with Crippen LogP contribution in [0.1, 0.15) is 20.6 Å². The van der Waals surface area contributed by atoms with Crippen LogP contribution in [0.3, 0.4) is 0 Å². The zero-order valence-corrected chi connectivity index (χ0v) is 21.1. The molecule has 0 atom stereocenters. The Labute approximate surface area is 258 Å². The molecule has 0 radical (unpaired) electrons. The lowest BCUT2D eigenvalue weighted by atomic mass is 9.85. The van der Waals surface area contributed by atoms with Gasteiger partial charge in [0.1, 0.15) is 11.2 Å². The van der Waals surface area contributed by atoms with Crippen molar-refractivity contribution < 1.29 is 25.0 Å². The van der Waals surface area contributed by atoms with Crippen molar-refractivity contribution in [2.75, 3.05) is 0 Å². The molecule has 0 saturated carbocycles. The molecule has 0 saturated heterocycles. The van der Waals surface area contributed by atoms with Crippen molar-refractivity contribution in [1.82, 2.24) is 0 Å². The van der Waals surface area contributed by atoms with Crippen LogP contribution in [-0.2, 0) is 0 Å². The second-order valence-corrected chi connectivity index (χ2v) is 9.72. The molecule has 1 nitrogen and oxygen atoms in total. The second-order valence-electron chi connectivity index (χ2n) is 9.72. The van der Waals surface area contributed by atoms with Crippen LogP contribution in [-0.4, -0.2) is 0 Å². The van der Waals surface area contributed by atoms with Crippen molar-refractivity contribution in [1.29, 1.82) is 0 Å². The Kier molecular flexibility index (Phi) is 2.59. The van der Waals surface area contributed by atoms with Gasteiger partial charge in [-0.05, 0) is 89.6 Å².